The fourth-order valence-corrected chi connectivity index (χ4v) is 2.78. The van der Waals surface area contributed by atoms with E-state index in [9.17, 15) is 4.79 Å². The van der Waals surface area contributed by atoms with Crippen LogP contribution >= 0.6 is 0 Å². The third kappa shape index (κ3) is 4.23. The van der Waals surface area contributed by atoms with Gasteiger partial charge in [0.05, 0.1) is 0 Å². The molecule has 1 unspecified atom stereocenters. The number of nitrogen functional groups attached to an aromatic ring is 1. The van der Waals surface area contributed by atoms with E-state index in [1.54, 1.807) is 18.2 Å². The zero-order valence-corrected chi connectivity index (χ0v) is 12.4. The first-order valence-corrected chi connectivity index (χ1v) is 7.40. The number of anilines is 1. The van der Waals surface area contributed by atoms with Crippen LogP contribution in [0, 0.1) is 11.8 Å². The summed E-state index contributed by atoms with van der Waals surface area (Å²) >= 11 is 0. The second kappa shape index (κ2) is 6.75. The number of carbonyl (C=O) groups is 1. The summed E-state index contributed by atoms with van der Waals surface area (Å²) in [5.41, 5.74) is 6.96. The van der Waals surface area contributed by atoms with Gasteiger partial charge in [0.25, 0.3) is 5.91 Å². The van der Waals surface area contributed by atoms with Crippen molar-refractivity contribution in [3.8, 4) is 0 Å². The fraction of sp³-hybridized carbons (Fsp3) is 0.562. The largest absolute Gasteiger partial charge is 0.399 e. The monoisotopic (exact) mass is 275 g/mol. The molecule has 0 spiro atoms. The molecular weight excluding hydrogens is 250 g/mol. The Morgan fingerprint density at radius 2 is 2.30 bits per heavy atom. The molecule has 1 fully saturated rings. The number of nitrogens with one attached hydrogen (secondary N) is 1. The molecule has 0 saturated carbocycles. The second-order valence-corrected chi connectivity index (χ2v) is 6.14. The van der Waals surface area contributed by atoms with Crippen LogP contribution in [0.5, 0.6) is 0 Å². The molecule has 4 nitrogen and oxygen atoms in total. The van der Waals surface area contributed by atoms with E-state index in [0.29, 0.717) is 23.1 Å². The zero-order valence-electron chi connectivity index (χ0n) is 12.4. The predicted molar refractivity (Wildman–Crippen MR) is 82.6 cm³/mol. The number of likely N-dealkylation sites (tertiary alicyclic amines) is 1. The first-order chi connectivity index (χ1) is 9.54. The van der Waals surface area contributed by atoms with Crippen LogP contribution < -0.4 is 11.1 Å². The van der Waals surface area contributed by atoms with Gasteiger partial charge in [0.15, 0.2) is 0 Å². The summed E-state index contributed by atoms with van der Waals surface area (Å²) in [6, 6.07) is 7.11. The Morgan fingerprint density at radius 1 is 1.50 bits per heavy atom. The standard InChI is InChI=1S/C16H25N3O/c1-12(2)10-19-7-6-13(11-19)9-18-16(20)14-4-3-5-15(17)8-14/h3-5,8,12-13H,6-7,9-11,17H2,1-2H3,(H,18,20). The molecule has 1 aliphatic heterocycles. The van der Waals surface area contributed by atoms with Gasteiger partial charge in [-0.15, -0.1) is 0 Å². The number of benzene rings is 1. The lowest BCUT2D eigenvalue weighted by molar-refractivity contribution is 0.0947. The smallest absolute Gasteiger partial charge is 0.251 e. The molecule has 4 heteroatoms. The molecule has 1 saturated heterocycles. The van der Waals surface area contributed by atoms with Crippen molar-refractivity contribution in [1.82, 2.24) is 10.2 Å². The van der Waals surface area contributed by atoms with Crippen molar-refractivity contribution in [1.29, 1.82) is 0 Å². The maximum absolute atomic E-state index is 12.0. The number of carbonyl (C=O) groups excluding carboxylic acids is 1. The highest BCUT2D eigenvalue weighted by Crippen LogP contribution is 2.17. The molecule has 0 aromatic heterocycles. The minimum atomic E-state index is -0.0281. The van der Waals surface area contributed by atoms with Crippen LogP contribution in [0.4, 0.5) is 5.69 Å². The Kier molecular flexibility index (Phi) is 5.01. The lowest BCUT2D eigenvalue weighted by Crippen LogP contribution is -2.31. The lowest BCUT2D eigenvalue weighted by atomic mass is 10.1. The Labute approximate surface area is 121 Å². The van der Waals surface area contributed by atoms with Crippen molar-refractivity contribution in [2.75, 3.05) is 31.9 Å². The molecule has 0 bridgehead atoms. The first-order valence-electron chi connectivity index (χ1n) is 7.40. The molecule has 1 aromatic carbocycles. The van der Waals surface area contributed by atoms with Gasteiger partial charge in [0.2, 0.25) is 0 Å². The third-order valence-electron chi connectivity index (χ3n) is 3.69. The SMILES string of the molecule is CC(C)CN1CCC(CNC(=O)c2cccc(N)c2)C1. The minimum absolute atomic E-state index is 0.0281. The molecule has 1 aliphatic rings. The maximum Gasteiger partial charge on any atom is 0.251 e. The van der Waals surface area contributed by atoms with Gasteiger partial charge in [-0.05, 0) is 43.0 Å². The molecule has 110 valence electrons. The van der Waals surface area contributed by atoms with E-state index in [1.165, 1.54) is 6.42 Å². The molecule has 1 heterocycles. The van der Waals surface area contributed by atoms with Gasteiger partial charge in [0.1, 0.15) is 0 Å². The van der Waals surface area contributed by atoms with Crippen LogP contribution in [0.25, 0.3) is 0 Å². The number of hydrogen-bond acceptors (Lipinski definition) is 3. The van der Waals surface area contributed by atoms with Gasteiger partial charge in [-0.3, -0.25) is 4.79 Å². The van der Waals surface area contributed by atoms with E-state index < -0.39 is 0 Å². The summed E-state index contributed by atoms with van der Waals surface area (Å²) in [6.07, 6.45) is 1.17. The molecule has 0 aliphatic carbocycles. The van der Waals surface area contributed by atoms with Crippen LogP contribution in [0.1, 0.15) is 30.6 Å². The molecule has 1 aromatic rings. The normalized spacial score (nSPS) is 19.4. The Bertz CT molecular complexity index is 459. The highest BCUT2D eigenvalue weighted by atomic mass is 16.1. The lowest BCUT2D eigenvalue weighted by Gasteiger charge is -2.18. The van der Waals surface area contributed by atoms with Crippen molar-refractivity contribution in [2.24, 2.45) is 11.8 Å². The Balaban J connectivity index is 1.77. The van der Waals surface area contributed by atoms with Crippen molar-refractivity contribution in [3.05, 3.63) is 29.8 Å². The molecular formula is C16H25N3O. The topological polar surface area (TPSA) is 58.4 Å². The van der Waals surface area contributed by atoms with E-state index in [-0.39, 0.29) is 5.91 Å². The first kappa shape index (κ1) is 14.9. The van der Waals surface area contributed by atoms with E-state index in [0.717, 1.165) is 26.2 Å². The summed E-state index contributed by atoms with van der Waals surface area (Å²) in [6.45, 7) is 8.64. The fourth-order valence-electron chi connectivity index (χ4n) is 2.78. The van der Waals surface area contributed by atoms with Crippen LogP contribution in [0.2, 0.25) is 0 Å². The van der Waals surface area contributed by atoms with Crippen LogP contribution in [-0.2, 0) is 0 Å². The van der Waals surface area contributed by atoms with Gasteiger partial charge in [-0.25, -0.2) is 0 Å². The van der Waals surface area contributed by atoms with Crippen LogP contribution in [0.3, 0.4) is 0 Å². The van der Waals surface area contributed by atoms with Crippen LogP contribution in [-0.4, -0.2) is 37.0 Å². The number of nitrogens with two attached hydrogens (primary N) is 1. The predicted octanol–water partition coefficient (Wildman–Crippen LogP) is 1.98. The van der Waals surface area contributed by atoms with Crippen LogP contribution in [0.15, 0.2) is 24.3 Å². The average molecular weight is 275 g/mol. The van der Waals surface area contributed by atoms with Crippen molar-refractivity contribution >= 4 is 11.6 Å². The number of amides is 1. The number of rotatable bonds is 5. The van der Waals surface area contributed by atoms with Gasteiger partial charge < -0.3 is 16.0 Å². The number of nitrogens with zero attached hydrogens (tertiary/aromatic N) is 1. The Morgan fingerprint density at radius 3 is 3.00 bits per heavy atom. The molecule has 1 amide bonds. The summed E-state index contributed by atoms with van der Waals surface area (Å²) in [5.74, 6) is 1.24. The summed E-state index contributed by atoms with van der Waals surface area (Å²) < 4.78 is 0. The molecule has 20 heavy (non-hydrogen) atoms. The average Bonchev–Trinajstić information content (AvgIpc) is 2.82. The molecule has 1 atom stereocenters. The summed E-state index contributed by atoms with van der Waals surface area (Å²) in [4.78, 5) is 14.5. The van der Waals surface area contributed by atoms with Gasteiger partial charge in [0, 0.05) is 30.9 Å². The van der Waals surface area contributed by atoms with E-state index >= 15 is 0 Å². The number of hydrogen-bond donors (Lipinski definition) is 2. The minimum Gasteiger partial charge on any atom is -0.399 e. The second-order valence-electron chi connectivity index (χ2n) is 6.14. The zero-order chi connectivity index (χ0) is 14.5. The molecule has 2 rings (SSSR count). The van der Waals surface area contributed by atoms with E-state index in [2.05, 4.69) is 24.1 Å². The molecule has 0 radical (unpaired) electrons. The summed E-state index contributed by atoms with van der Waals surface area (Å²) in [5, 5.41) is 3.02. The van der Waals surface area contributed by atoms with Gasteiger partial charge >= 0.3 is 0 Å². The highest BCUT2D eigenvalue weighted by molar-refractivity contribution is 5.94. The van der Waals surface area contributed by atoms with Crippen molar-refractivity contribution < 1.29 is 4.79 Å². The van der Waals surface area contributed by atoms with E-state index in [4.69, 9.17) is 5.73 Å². The quantitative estimate of drug-likeness (QED) is 0.808. The van der Waals surface area contributed by atoms with Crippen molar-refractivity contribution in [2.45, 2.75) is 20.3 Å². The maximum atomic E-state index is 12.0. The van der Waals surface area contributed by atoms with Gasteiger partial charge in [-0.2, -0.15) is 0 Å². The molecule has 3 N–H and O–H groups in total. The van der Waals surface area contributed by atoms with Gasteiger partial charge in [-0.1, -0.05) is 19.9 Å². The third-order valence-corrected chi connectivity index (χ3v) is 3.69. The van der Waals surface area contributed by atoms with E-state index in [1.807, 2.05) is 6.07 Å². The highest BCUT2D eigenvalue weighted by Gasteiger charge is 2.23. The Hall–Kier alpha value is -1.55. The summed E-state index contributed by atoms with van der Waals surface area (Å²) in [7, 11) is 0. The van der Waals surface area contributed by atoms with Crippen molar-refractivity contribution in [3.63, 3.8) is 0 Å².